The van der Waals surface area contributed by atoms with Gasteiger partial charge in [0.05, 0.1) is 17.8 Å². The van der Waals surface area contributed by atoms with Crippen molar-refractivity contribution < 1.29 is 23.1 Å². The highest BCUT2D eigenvalue weighted by molar-refractivity contribution is 5.68. The van der Waals surface area contributed by atoms with Crippen LogP contribution in [0, 0.1) is 6.92 Å². The molecule has 0 saturated heterocycles. The second-order valence-electron chi connectivity index (χ2n) is 3.53. The van der Waals surface area contributed by atoms with Crippen LogP contribution in [0.3, 0.4) is 0 Å². The maximum absolute atomic E-state index is 12.7. The molecule has 1 N–H and O–H groups in total. The molecule has 0 aromatic carbocycles. The van der Waals surface area contributed by atoms with Crippen LogP contribution >= 0.6 is 0 Å². The van der Waals surface area contributed by atoms with Crippen LogP contribution in [-0.4, -0.2) is 27.0 Å². The van der Waals surface area contributed by atoms with Crippen LogP contribution in [0.15, 0.2) is 6.07 Å². The molecule has 0 aliphatic carbocycles. The molecular formula is C9H11F3N2O2. The third-order valence-corrected chi connectivity index (χ3v) is 2.17. The van der Waals surface area contributed by atoms with Gasteiger partial charge in [0.15, 0.2) is 0 Å². The second-order valence-corrected chi connectivity index (χ2v) is 3.53. The monoisotopic (exact) mass is 236 g/mol. The fraction of sp³-hybridized carbons (Fsp3) is 0.556. The Labute approximate surface area is 89.7 Å². The Morgan fingerprint density at radius 2 is 2.19 bits per heavy atom. The average Bonchev–Trinajstić information content (AvgIpc) is 2.38. The normalized spacial score (nSPS) is 13.8. The minimum Gasteiger partial charge on any atom is -0.481 e. The van der Waals surface area contributed by atoms with Crippen LogP contribution in [0.25, 0.3) is 0 Å². The summed E-state index contributed by atoms with van der Waals surface area (Å²) in [5.41, 5.74) is 0.296. The minimum atomic E-state index is -4.58. The molecule has 0 radical (unpaired) electrons. The van der Waals surface area contributed by atoms with E-state index >= 15 is 0 Å². The average molecular weight is 236 g/mol. The van der Waals surface area contributed by atoms with Crippen molar-refractivity contribution in [2.75, 3.05) is 0 Å². The van der Waals surface area contributed by atoms with Crippen LogP contribution in [0.5, 0.6) is 0 Å². The number of hydrogen-bond donors (Lipinski definition) is 1. The summed E-state index contributed by atoms with van der Waals surface area (Å²) < 4.78 is 39.0. The molecule has 0 aliphatic rings. The highest BCUT2D eigenvalue weighted by Gasteiger charge is 2.43. The zero-order chi connectivity index (χ0) is 12.5. The van der Waals surface area contributed by atoms with Gasteiger partial charge in [-0.2, -0.15) is 18.3 Å². The van der Waals surface area contributed by atoms with E-state index in [9.17, 15) is 18.0 Å². The van der Waals surface area contributed by atoms with Crippen LogP contribution in [-0.2, 0) is 11.8 Å². The van der Waals surface area contributed by atoms with E-state index in [0.717, 1.165) is 4.68 Å². The highest BCUT2D eigenvalue weighted by Crippen LogP contribution is 2.37. The lowest BCUT2D eigenvalue weighted by Crippen LogP contribution is -2.25. The highest BCUT2D eigenvalue weighted by atomic mass is 19.4. The Bertz CT molecular complexity index is 398. The molecule has 1 unspecified atom stereocenters. The zero-order valence-electron chi connectivity index (χ0n) is 8.75. The van der Waals surface area contributed by atoms with Gasteiger partial charge in [-0.05, 0) is 13.0 Å². The van der Waals surface area contributed by atoms with Crippen molar-refractivity contribution in [1.82, 2.24) is 9.78 Å². The summed E-state index contributed by atoms with van der Waals surface area (Å²) in [6, 6.07) is 1.25. The zero-order valence-corrected chi connectivity index (χ0v) is 8.75. The van der Waals surface area contributed by atoms with Crippen molar-refractivity contribution in [1.29, 1.82) is 0 Å². The number of aromatic nitrogens is 2. The van der Waals surface area contributed by atoms with Gasteiger partial charge >= 0.3 is 12.1 Å². The maximum Gasteiger partial charge on any atom is 0.397 e. The van der Waals surface area contributed by atoms with Crippen molar-refractivity contribution in [3.63, 3.8) is 0 Å². The molecule has 7 heteroatoms. The third-order valence-electron chi connectivity index (χ3n) is 2.17. The summed E-state index contributed by atoms with van der Waals surface area (Å²) >= 11 is 0. The lowest BCUT2D eigenvalue weighted by atomic mass is 10.0. The van der Waals surface area contributed by atoms with Crippen molar-refractivity contribution >= 4 is 5.97 Å². The molecule has 0 bridgehead atoms. The Morgan fingerprint density at radius 1 is 1.62 bits per heavy atom. The van der Waals surface area contributed by atoms with Crippen molar-refractivity contribution in [3.8, 4) is 0 Å². The molecule has 16 heavy (non-hydrogen) atoms. The van der Waals surface area contributed by atoms with Crippen LogP contribution in [0.4, 0.5) is 13.2 Å². The summed E-state index contributed by atoms with van der Waals surface area (Å²) in [4.78, 5) is 10.4. The molecule has 4 nitrogen and oxygen atoms in total. The number of carboxylic acid groups (broad SMARTS) is 1. The Balaban J connectivity index is 3.11. The molecule has 0 saturated carbocycles. The summed E-state index contributed by atoms with van der Waals surface area (Å²) in [7, 11) is 1.36. The molecule has 1 aromatic rings. The van der Waals surface area contributed by atoms with Gasteiger partial charge in [0, 0.05) is 7.05 Å². The summed E-state index contributed by atoms with van der Waals surface area (Å²) in [6.45, 7) is 1.55. The van der Waals surface area contributed by atoms with Gasteiger partial charge in [-0.15, -0.1) is 0 Å². The molecule has 1 heterocycles. The van der Waals surface area contributed by atoms with Gasteiger partial charge < -0.3 is 5.11 Å². The molecule has 1 atom stereocenters. The van der Waals surface area contributed by atoms with E-state index in [2.05, 4.69) is 5.10 Å². The third kappa shape index (κ3) is 2.74. The van der Waals surface area contributed by atoms with Gasteiger partial charge in [-0.25, -0.2) is 0 Å². The Kier molecular flexibility index (Phi) is 3.25. The first-order valence-corrected chi connectivity index (χ1v) is 4.51. The number of nitrogens with zero attached hydrogens (tertiary/aromatic N) is 2. The quantitative estimate of drug-likeness (QED) is 0.871. The largest absolute Gasteiger partial charge is 0.481 e. The molecular weight excluding hydrogens is 225 g/mol. The molecule has 0 aliphatic heterocycles. The topological polar surface area (TPSA) is 55.1 Å². The summed E-state index contributed by atoms with van der Waals surface area (Å²) in [6.07, 6.45) is -5.57. The van der Waals surface area contributed by atoms with E-state index in [1.54, 1.807) is 6.92 Å². The number of carboxylic acids is 1. The van der Waals surface area contributed by atoms with Gasteiger partial charge in [0.25, 0.3) is 0 Å². The number of aliphatic carboxylic acids is 1. The Hall–Kier alpha value is -1.53. The number of hydrogen-bond acceptors (Lipinski definition) is 2. The van der Waals surface area contributed by atoms with E-state index in [4.69, 9.17) is 5.11 Å². The summed E-state index contributed by atoms with van der Waals surface area (Å²) in [5.74, 6) is -3.50. The smallest absolute Gasteiger partial charge is 0.397 e. The van der Waals surface area contributed by atoms with Gasteiger partial charge in [0.2, 0.25) is 0 Å². The number of rotatable bonds is 3. The van der Waals surface area contributed by atoms with E-state index in [1.807, 2.05) is 0 Å². The number of alkyl halides is 3. The standard InChI is InChI=1S/C9H11F3N2O2/c1-5-3-7(14(2)13-5)6(4-8(15)16)9(10,11)12/h3,6H,4H2,1-2H3,(H,15,16). The fourth-order valence-electron chi connectivity index (χ4n) is 1.52. The van der Waals surface area contributed by atoms with E-state index in [1.165, 1.54) is 13.1 Å². The minimum absolute atomic E-state index is 0.132. The van der Waals surface area contributed by atoms with Crippen LogP contribution < -0.4 is 0 Å². The molecule has 0 amide bonds. The van der Waals surface area contributed by atoms with Crippen molar-refractivity contribution in [2.45, 2.75) is 25.4 Å². The molecule has 0 spiro atoms. The molecule has 0 fully saturated rings. The fourth-order valence-corrected chi connectivity index (χ4v) is 1.52. The van der Waals surface area contributed by atoms with Gasteiger partial charge in [-0.1, -0.05) is 0 Å². The summed E-state index contributed by atoms with van der Waals surface area (Å²) in [5, 5.41) is 12.3. The first kappa shape index (κ1) is 12.5. The lowest BCUT2D eigenvalue weighted by molar-refractivity contribution is -0.164. The van der Waals surface area contributed by atoms with Crippen LogP contribution in [0.2, 0.25) is 0 Å². The van der Waals surface area contributed by atoms with E-state index in [0.29, 0.717) is 5.69 Å². The first-order chi connectivity index (χ1) is 7.21. The molecule has 1 rings (SSSR count). The maximum atomic E-state index is 12.7. The predicted molar refractivity (Wildman–Crippen MR) is 49.0 cm³/mol. The van der Waals surface area contributed by atoms with Gasteiger partial charge in [-0.3, -0.25) is 9.48 Å². The number of halogens is 3. The number of aryl methyl sites for hydroxylation is 2. The predicted octanol–water partition coefficient (Wildman–Crippen LogP) is 1.85. The van der Waals surface area contributed by atoms with E-state index in [-0.39, 0.29) is 5.69 Å². The van der Waals surface area contributed by atoms with Crippen LogP contribution in [0.1, 0.15) is 23.7 Å². The van der Waals surface area contributed by atoms with Gasteiger partial charge in [0.1, 0.15) is 5.92 Å². The van der Waals surface area contributed by atoms with E-state index < -0.39 is 24.5 Å². The Morgan fingerprint density at radius 3 is 2.50 bits per heavy atom. The second kappa shape index (κ2) is 4.15. The lowest BCUT2D eigenvalue weighted by Gasteiger charge is -2.18. The first-order valence-electron chi connectivity index (χ1n) is 4.51. The molecule has 1 aromatic heterocycles. The molecule has 90 valence electrons. The SMILES string of the molecule is Cc1cc(C(CC(=O)O)C(F)(F)F)n(C)n1. The number of carbonyl (C=O) groups is 1. The van der Waals surface area contributed by atoms with Crippen molar-refractivity contribution in [2.24, 2.45) is 7.05 Å². The van der Waals surface area contributed by atoms with Crippen molar-refractivity contribution in [3.05, 3.63) is 17.5 Å².